The van der Waals surface area contributed by atoms with Gasteiger partial charge in [-0.1, -0.05) is 17.4 Å². The molecule has 8 nitrogen and oxygen atoms in total. The Kier molecular flexibility index (Phi) is 5.35. The third-order valence-electron chi connectivity index (χ3n) is 5.92. The Hall–Kier alpha value is -2.62. The van der Waals surface area contributed by atoms with Crippen LogP contribution in [0.15, 0.2) is 24.4 Å². The molecule has 0 saturated heterocycles. The van der Waals surface area contributed by atoms with Gasteiger partial charge in [0.15, 0.2) is 5.13 Å². The highest BCUT2D eigenvalue weighted by molar-refractivity contribution is 7.17. The van der Waals surface area contributed by atoms with Gasteiger partial charge in [0.2, 0.25) is 0 Å². The summed E-state index contributed by atoms with van der Waals surface area (Å²) < 4.78 is 11.6. The maximum absolute atomic E-state index is 12.6. The lowest BCUT2D eigenvalue weighted by Gasteiger charge is -2.30. The summed E-state index contributed by atoms with van der Waals surface area (Å²) in [4.78, 5) is 20.4. The molecule has 32 heavy (non-hydrogen) atoms. The van der Waals surface area contributed by atoms with Gasteiger partial charge in [-0.25, -0.2) is 10.4 Å². The van der Waals surface area contributed by atoms with Crippen LogP contribution in [0.2, 0.25) is 0 Å². The molecule has 1 amide bonds. The smallest absolute Gasteiger partial charge is 0.263 e. The average molecular weight is 456 g/mol. The lowest BCUT2D eigenvalue weighted by molar-refractivity contribution is -0.0346. The number of anilines is 2. The molecule has 0 aliphatic carbocycles. The summed E-state index contributed by atoms with van der Waals surface area (Å²) in [6.07, 6.45) is 2.80. The van der Waals surface area contributed by atoms with Crippen LogP contribution in [0.1, 0.15) is 48.6 Å². The summed E-state index contributed by atoms with van der Waals surface area (Å²) in [7, 11) is 0. The van der Waals surface area contributed by atoms with Gasteiger partial charge in [-0.05, 0) is 51.0 Å². The van der Waals surface area contributed by atoms with Crippen LogP contribution in [-0.2, 0) is 11.2 Å². The standard InChI is InChI=1S/C23H29N5O3S/c1-5-30-14(2)28-13-16(12-24-28)15-6-7-19-18(10-15)27(8-9-31-19)22-25-17-11-23(3,4)26-21(29)20(17)32-22/h6-7,10,13-14,24H,5,8-9,11-12H2,1-4H3,(H,26,29). The molecule has 0 fully saturated rings. The molecule has 0 radical (unpaired) electrons. The Bertz CT molecular complexity index is 1080. The molecule has 1 aromatic carbocycles. The van der Waals surface area contributed by atoms with Gasteiger partial charge in [-0.2, -0.15) is 0 Å². The monoisotopic (exact) mass is 455 g/mol. The van der Waals surface area contributed by atoms with E-state index in [2.05, 4.69) is 34.0 Å². The molecule has 3 aliphatic rings. The highest BCUT2D eigenvalue weighted by atomic mass is 32.1. The summed E-state index contributed by atoms with van der Waals surface area (Å²) in [5.41, 5.74) is 7.27. The van der Waals surface area contributed by atoms with Crippen LogP contribution >= 0.6 is 11.3 Å². The first kappa shape index (κ1) is 21.2. The molecule has 2 N–H and O–H groups in total. The van der Waals surface area contributed by atoms with E-state index in [0.717, 1.165) is 40.8 Å². The van der Waals surface area contributed by atoms with Gasteiger partial charge >= 0.3 is 0 Å². The number of hydrazine groups is 1. The van der Waals surface area contributed by atoms with E-state index in [1.165, 1.54) is 16.9 Å². The fourth-order valence-corrected chi connectivity index (χ4v) is 5.38. The molecular formula is C23H29N5O3S. The normalized spacial score (nSPS) is 20.2. The van der Waals surface area contributed by atoms with Gasteiger partial charge in [0.1, 0.15) is 23.5 Å². The first-order valence-electron chi connectivity index (χ1n) is 11.1. The van der Waals surface area contributed by atoms with Crippen LogP contribution in [-0.4, -0.2) is 54.0 Å². The van der Waals surface area contributed by atoms with Gasteiger partial charge in [-0.15, -0.1) is 0 Å². The molecule has 0 bridgehead atoms. The summed E-state index contributed by atoms with van der Waals surface area (Å²) in [6.45, 7) is 10.8. The maximum Gasteiger partial charge on any atom is 0.263 e. The number of hydrogen-bond acceptors (Lipinski definition) is 8. The lowest BCUT2D eigenvalue weighted by atomic mass is 9.94. The number of aromatic nitrogens is 1. The van der Waals surface area contributed by atoms with Gasteiger partial charge in [0, 0.05) is 31.3 Å². The third-order valence-corrected chi connectivity index (χ3v) is 7.04. The Balaban J connectivity index is 1.46. The molecule has 0 saturated carbocycles. The fourth-order valence-electron chi connectivity index (χ4n) is 4.36. The van der Waals surface area contributed by atoms with Crippen molar-refractivity contribution in [2.75, 3.05) is 31.2 Å². The van der Waals surface area contributed by atoms with Crippen molar-refractivity contribution in [2.24, 2.45) is 0 Å². The molecular weight excluding hydrogens is 426 g/mol. The van der Waals surface area contributed by atoms with E-state index in [0.29, 0.717) is 24.6 Å². The fraction of sp³-hybridized carbons (Fsp3) is 0.478. The van der Waals surface area contributed by atoms with Gasteiger partial charge in [0.05, 0.1) is 17.9 Å². The highest BCUT2D eigenvalue weighted by Gasteiger charge is 2.35. The van der Waals surface area contributed by atoms with Crippen molar-refractivity contribution < 1.29 is 14.3 Å². The molecule has 0 spiro atoms. The SMILES string of the molecule is CCOC(C)N1C=C(c2ccc3c(c2)N(c2nc4c(s2)C(=O)NC(C)(C)C4)CCO3)CN1. The topological polar surface area (TPSA) is 79.0 Å². The summed E-state index contributed by atoms with van der Waals surface area (Å²) in [5, 5.41) is 5.92. The quantitative estimate of drug-likeness (QED) is 0.716. The third kappa shape index (κ3) is 3.85. The summed E-state index contributed by atoms with van der Waals surface area (Å²) >= 11 is 1.46. The van der Waals surface area contributed by atoms with Crippen molar-refractivity contribution in [3.63, 3.8) is 0 Å². The van der Waals surface area contributed by atoms with E-state index in [4.69, 9.17) is 14.5 Å². The van der Waals surface area contributed by atoms with E-state index >= 15 is 0 Å². The van der Waals surface area contributed by atoms with Crippen LogP contribution in [0.5, 0.6) is 5.75 Å². The molecule has 1 atom stereocenters. The number of amides is 1. The maximum atomic E-state index is 12.6. The Labute approximate surface area is 192 Å². The zero-order valence-corrected chi connectivity index (χ0v) is 19.7. The van der Waals surface area contributed by atoms with Crippen LogP contribution < -0.4 is 20.4 Å². The minimum Gasteiger partial charge on any atom is -0.490 e. The number of rotatable bonds is 5. The van der Waals surface area contributed by atoms with Crippen molar-refractivity contribution in [3.8, 4) is 5.75 Å². The van der Waals surface area contributed by atoms with Gasteiger partial charge < -0.3 is 19.7 Å². The van der Waals surface area contributed by atoms with Gasteiger partial charge in [-0.3, -0.25) is 9.80 Å². The van der Waals surface area contributed by atoms with Crippen LogP contribution in [0, 0.1) is 0 Å². The number of fused-ring (bicyclic) bond motifs is 2. The van der Waals surface area contributed by atoms with Crippen molar-refractivity contribution in [2.45, 2.75) is 45.9 Å². The number of benzene rings is 1. The second kappa shape index (κ2) is 8.06. The number of nitrogens with zero attached hydrogens (tertiary/aromatic N) is 3. The number of nitrogens with one attached hydrogen (secondary N) is 2. The molecule has 9 heteroatoms. The van der Waals surface area contributed by atoms with Crippen molar-refractivity contribution in [1.82, 2.24) is 20.7 Å². The van der Waals surface area contributed by atoms with Crippen molar-refractivity contribution >= 4 is 33.6 Å². The Morgan fingerprint density at radius 2 is 2.22 bits per heavy atom. The zero-order valence-electron chi connectivity index (χ0n) is 18.9. The van der Waals surface area contributed by atoms with Crippen molar-refractivity contribution in [1.29, 1.82) is 0 Å². The number of carbonyl (C=O) groups is 1. The second-order valence-electron chi connectivity index (χ2n) is 8.92. The molecule has 1 aromatic heterocycles. The van der Waals surface area contributed by atoms with Crippen LogP contribution in [0.3, 0.4) is 0 Å². The van der Waals surface area contributed by atoms with E-state index in [-0.39, 0.29) is 17.7 Å². The van der Waals surface area contributed by atoms with Crippen molar-refractivity contribution in [3.05, 3.63) is 40.5 Å². The summed E-state index contributed by atoms with van der Waals surface area (Å²) in [6, 6.07) is 6.27. The number of hydrogen-bond donors (Lipinski definition) is 2. The molecule has 5 rings (SSSR count). The molecule has 3 aliphatic heterocycles. The van der Waals surface area contributed by atoms with Gasteiger partial charge in [0.25, 0.3) is 5.91 Å². The van der Waals surface area contributed by atoms with E-state index in [1.54, 1.807) is 0 Å². The Morgan fingerprint density at radius 1 is 1.38 bits per heavy atom. The zero-order chi connectivity index (χ0) is 22.5. The molecule has 170 valence electrons. The van der Waals surface area contributed by atoms with E-state index < -0.39 is 0 Å². The second-order valence-corrected chi connectivity index (χ2v) is 9.90. The first-order chi connectivity index (χ1) is 15.3. The molecule has 1 unspecified atom stereocenters. The number of carbonyl (C=O) groups excluding carboxylic acids is 1. The largest absolute Gasteiger partial charge is 0.490 e. The molecule has 2 aromatic rings. The van der Waals surface area contributed by atoms with E-state index in [9.17, 15) is 4.79 Å². The van der Waals surface area contributed by atoms with Crippen LogP contribution in [0.4, 0.5) is 10.8 Å². The van der Waals surface area contributed by atoms with Crippen LogP contribution in [0.25, 0.3) is 5.57 Å². The highest BCUT2D eigenvalue weighted by Crippen LogP contribution is 2.42. The molecule has 4 heterocycles. The predicted octanol–water partition coefficient (Wildman–Crippen LogP) is 3.28. The predicted molar refractivity (Wildman–Crippen MR) is 125 cm³/mol. The minimum atomic E-state index is -0.280. The minimum absolute atomic E-state index is 0.0343. The lowest BCUT2D eigenvalue weighted by Crippen LogP contribution is -2.48. The van der Waals surface area contributed by atoms with E-state index in [1.807, 2.05) is 38.8 Å². The first-order valence-corrected chi connectivity index (χ1v) is 11.9. The Morgan fingerprint density at radius 3 is 3.03 bits per heavy atom. The average Bonchev–Trinajstić information content (AvgIpc) is 3.40. The summed E-state index contributed by atoms with van der Waals surface area (Å²) in [5.74, 6) is 0.803. The number of ether oxygens (including phenoxy) is 2. The number of thiazole rings is 1.